The molecule has 114 valence electrons. The molecular formula is C15H26N2O3. The third-order valence-electron chi connectivity index (χ3n) is 4.67. The molecule has 0 aromatic heterocycles. The molecule has 0 aromatic carbocycles. The van der Waals surface area contributed by atoms with E-state index >= 15 is 0 Å². The van der Waals surface area contributed by atoms with Crippen LogP contribution in [-0.2, 0) is 9.59 Å². The second-order valence-corrected chi connectivity index (χ2v) is 6.28. The number of nitrogens with zero attached hydrogens (tertiary/aromatic N) is 1. The van der Waals surface area contributed by atoms with Crippen molar-refractivity contribution in [1.29, 1.82) is 0 Å². The molecule has 0 bridgehead atoms. The van der Waals surface area contributed by atoms with Crippen molar-refractivity contribution >= 4 is 11.8 Å². The molecule has 5 heteroatoms. The highest BCUT2D eigenvalue weighted by Crippen LogP contribution is 2.37. The molecule has 2 saturated carbocycles. The quantitative estimate of drug-likeness (QED) is 0.787. The zero-order valence-electron chi connectivity index (χ0n) is 12.5. The van der Waals surface area contributed by atoms with E-state index in [9.17, 15) is 14.7 Å². The maximum atomic E-state index is 12.1. The highest BCUT2D eigenvalue weighted by molar-refractivity contribution is 5.82. The minimum absolute atomic E-state index is 0.0000883. The molecule has 4 atom stereocenters. The van der Waals surface area contributed by atoms with Gasteiger partial charge >= 0.3 is 0 Å². The molecule has 2 rings (SSSR count). The summed E-state index contributed by atoms with van der Waals surface area (Å²) in [6.07, 6.45) is 4.62. The lowest BCUT2D eigenvalue weighted by molar-refractivity contribution is -0.135. The number of likely N-dealkylation sites (N-methyl/N-ethyl adjacent to an activating group) is 1. The van der Waals surface area contributed by atoms with Crippen molar-refractivity contribution in [3.63, 3.8) is 0 Å². The van der Waals surface area contributed by atoms with Crippen molar-refractivity contribution in [2.24, 2.45) is 11.8 Å². The fourth-order valence-corrected chi connectivity index (χ4v) is 3.02. The summed E-state index contributed by atoms with van der Waals surface area (Å²) in [6.45, 7) is 2.46. The predicted octanol–water partition coefficient (Wildman–Crippen LogP) is 0.911. The third kappa shape index (κ3) is 3.72. The molecule has 0 heterocycles. The summed E-state index contributed by atoms with van der Waals surface area (Å²) in [4.78, 5) is 25.4. The minimum atomic E-state index is -0.403. The van der Waals surface area contributed by atoms with Gasteiger partial charge in [0.25, 0.3) is 0 Å². The summed E-state index contributed by atoms with van der Waals surface area (Å²) in [7, 11) is 1.76. The Morgan fingerprint density at radius 1 is 1.30 bits per heavy atom. The molecule has 2 fully saturated rings. The topological polar surface area (TPSA) is 69.6 Å². The van der Waals surface area contributed by atoms with Crippen LogP contribution in [0.5, 0.6) is 0 Å². The van der Waals surface area contributed by atoms with Crippen LogP contribution in [0.15, 0.2) is 0 Å². The number of rotatable bonds is 5. The van der Waals surface area contributed by atoms with E-state index in [-0.39, 0.29) is 23.8 Å². The van der Waals surface area contributed by atoms with E-state index < -0.39 is 6.10 Å². The number of nitrogens with one attached hydrogen (secondary N) is 1. The Labute approximate surface area is 120 Å². The Hall–Kier alpha value is -1.10. The van der Waals surface area contributed by atoms with Crippen molar-refractivity contribution < 1.29 is 14.7 Å². The third-order valence-corrected chi connectivity index (χ3v) is 4.67. The SMILES string of the molecule is CC1CC1C(=O)NCCC(=O)N(C)C1CCCCC1O. The molecule has 2 N–H and O–H groups in total. The number of hydrogen-bond acceptors (Lipinski definition) is 3. The molecule has 2 amide bonds. The average Bonchev–Trinajstić information content (AvgIpc) is 3.15. The van der Waals surface area contributed by atoms with Gasteiger partial charge in [-0.3, -0.25) is 9.59 Å². The van der Waals surface area contributed by atoms with Gasteiger partial charge in [0, 0.05) is 25.9 Å². The normalized spacial score (nSPS) is 32.5. The van der Waals surface area contributed by atoms with E-state index in [0.29, 0.717) is 18.9 Å². The monoisotopic (exact) mass is 282 g/mol. The Morgan fingerprint density at radius 3 is 2.55 bits per heavy atom. The van der Waals surface area contributed by atoms with Gasteiger partial charge in [0.1, 0.15) is 0 Å². The van der Waals surface area contributed by atoms with Crippen LogP contribution in [0.25, 0.3) is 0 Å². The van der Waals surface area contributed by atoms with Gasteiger partial charge in [0.2, 0.25) is 11.8 Å². The molecule has 0 aliphatic heterocycles. The van der Waals surface area contributed by atoms with Gasteiger partial charge < -0.3 is 15.3 Å². The van der Waals surface area contributed by atoms with Crippen LogP contribution in [0, 0.1) is 11.8 Å². The molecule has 0 radical (unpaired) electrons. The highest BCUT2D eigenvalue weighted by atomic mass is 16.3. The number of aliphatic hydroxyl groups is 1. The highest BCUT2D eigenvalue weighted by Gasteiger charge is 2.38. The Kier molecular flexibility index (Phi) is 5.02. The number of hydrogen-bond donors (Lipinski definition) is 2. The molecular weight excluding hydrogens is 256 g/mol. The lowest BCUT2D eigenvalue weighted by atomic mass is 9.91. The molecule has 2 aliphatic carbocycles. The maximum absolute atomic E-state index is 12.1. The van der Waals surface area contributed by atoms with E-state index in [1.165, 1.54) is 0 Å². The van der Waals surface area contributed by atoms with E-state index in [1.807, 2.05) is 0 Å². The molecule has 20 heavy (non-hydrogen) atoms. The molecule has 0 spiro atoms. The van der Waals surface area contributed by atoms with Crippen LogP contribution in [0.4, 0.5) is 0 Å². The Morgan fingerprint density at radius 2 is 1.95 bits per heavy atom. The first-order valence-corrected chi connectivity index (χ1v) is 7.72. The maximum Gasteiger partial charge on any atom is 0.224 e. The van der Waals surface area contributed by atoms with Gasteiger partial charge in [0.05, 0.1) is 12.1 Å². The molecule has 2 aliphatic rings. The Bertz CT molecular complexity index is 372. The van der Waals surface area contributed by atoms with Crippen molar-refractivity contribution in [3.05, 3.63) is 0 Å². The van der Waals surface area contributed by atoms with E-state index in [2.05, 4.69) is 12.2 Å². The zero-order chi connectivity index (χ0) is 14.7. The summed E-state index contributed by atoms with van der Waals surface area (Å²) >= 11 is 0. The first kappa shape index (κ1) is 15.3. The Balaban J connectivity index is 1.69. The van der Waals surface area contributed by atoms with Gasteiger partial charge in [-0.1, -0.05) is 19.8 Å². The lowest BCUT2D eigenvalue weighted by Crippen LogP contribution is -2.47. The molecule has 0 saturated heterocycles. The number of carbonyl (C=O) groups is 2. The smallest absolute Gasteiger partial charge is 0.224 e. The van der Waals surface area contributed by atoms with Crippen molar-refractivity contribution in [2.45, 2.75) is 57.6 Å². The van der Waals surface area contributed by atoms with E-state index in [0.717, 1.165) is 32.1 Å². The number of aliphatic hydroxyl groups excluding tert-OH is 1. The van der Waals surface area contributed by atoms with Gasteiger partial charge in [-0.15, -0.1) is 0 Å². The summed E-state index contributed by atoms with van der Waals surface area (Å²) < 4.78 is 0. The summed E-state index contributed by atoms with van der Waals surface area (Å²) in [5.74, 6) is 0.722. The largest absolute Gasteiger partial charge is 0.391 e. The van der Waals surface area contributed by atoms with Crippen LogP contribution in [0.3, 0.4) is 0 Å². The van der Waals surface area contributed by atoms with Crippen LogP contribution in [0.1, 0.15) is 45.4 Å². The van der Waals surface area contributed by atoms with Gasteiger partial charge in [-0.05, 0) is 25.2 Å². The average molecular weight is 282 g/mol. The molecule has 0 aromatic rings. The van der Waals surface area contributed by atoms with Crippen LogP contribution < -0.4 is 5.32 Å². The van der Waals surface area contributed by atoms with Crippen LogP contribution in [-0.4, -0.2) is 47.6 Å². The zero-order valence-corrected chi connectivity index (χ0v) is 12.5. The van der Waals surface area contributed by atoms with Crippen molar-refractivity contribution in [3.8, 4) is 0 Å². The standard InChI is InChI=1S/C15H26N2O3/c1-10-9-11(10)15(20)16-8-7-14(19)17(2)12-5-3-4-6-13(12)18/h10-13,18H,3-9H2,1-2H3,(H,16,20). The lowest BCUT2D eigenvalue weighted by Gasteiger charge is -2.35. The van der Waals surface area contributed by atoms with Gasteiger partial charge in [0.15, 0.2) is 0 Å². The van der Waals surface area contributed by atoms with Crippen LogP contribution >= 0.6 is 0 Å². The first-order valence-electron chi connectivity index (χ1n) is 7.72. The number of carbonyl (C=O) groups excluding carboxylic acids is 2. The summed E-state index contributed by atoms with van der Waals surface area (Å²) in [5.41, 5.74) is 0. The van der Waals surface area contributed by atoms with Crippen LogP contribution in [0.2, 0.25) is 0 Å². The van der Waals surface area contributed by atoms with E-state index in [1.54, 1.807) is 11.9 Å². The van der Waals surface area contributed by atoms with Crippen molar-refractivity contribution in [2.75, 3.05) is 13.6 Å². The van der Waals surface area contributed by atoms with Gasteiger partial charge in [-0.25, -0.2) is 0 Å². The second-order valence-electron chi connectivity index (χ2n) is 6.28. The first-order chi connectivity index (χ1) is 9.50. The fraction of sp³-hybridized carbons (Fsp3) is 0.867. The summed E-state index contributed by atoms with van der Waals surface area (Å²) in [6, 6.07) is -0.0598. The molecule has 5 nitrogen and oxygen atoms in total. The minimum Gasteiger partial charge on any atom is -0.391 e. The van der Waals surface area contributed by atoms with Crippen molar-refractivity contribution in [1.82, 2.24) is 10.2 Å². The second kappa shape index (κ2) is 6.57. The summed E-state index contributed by atoms with van der Waals surface area (Å²) in [5, 5.41) is 12.8. The fourth-order valence-electron chi connectivity index (χ4n) is 3.02. The molecule has 4 unspecified atom stereocenters. The van der Waals surface area contributed by atoms with E-state index in [4.69, 9.17) is 0 Å². The van der Waals surface area contributed by atoms with Gasteiger partial charge in [-0.2, -0.15) is 0 Å². The number of amides is 2. The predicted molar refractivity (Wildman–Crippen MR) is 75.9 cm³/mol.